The molecule has 0 saturated carbocycles. The maximum atomic E-state index is 12.2. The summed E-state index contributed by atoms with van der Waals surface area (Å²) >= 11 is 0. The maximum absolute atomic E-state index is 12.2. The highest BCUT2D eigenvalue weighted by atomic mass is 16.5. The van der Waals surface area contributed by atoms with Gasteiger partial charge in [-0.15, -0.1) is 0 Å². The van der Waals surface area contributed by atoms with Crippen LogP contribution in [0.5, 0.6) is 17.2 Å². The van der Waals surface area contributed by atoms with Crippen LogP contribution in [-0.2, 0) is 4.79 Å². The number of hydrogen-bond donors (Lipinski definition) is 3. The van der Waals surface area contributed by atoms with Crippen LogP contribution >= 0.6 is 0 Å². The summed E-state index contributed by atoms with van der Waals surface area (Å²) in [6, 6.07) is 8.20. The lowest BCUT2D eigenvalue weighted by molar-refractivity contribution is -0.120. The summed E-state index contributed by atoms with van der Waals surface area (Å²) in [6.07, 6.45) is 1.47. The van der Waals surface area contributed by atoms with Gasteiger partial charge in [0.2, 0.25) is 0 Å². The Bertz CT molecular complexity index is 886. The Balaban J connectivity index is 1.89. The SMILES string of the molecule is COc1ccc(C(=O)NCC(=O)NN=Cc2cc(C)c(O)c(C)c2)cc1OC. The summed E-state index contributed by atoms with van der Waals surface area (Å²) < 4.78 is 10.3. The summed E-state index contributed by atoms with van der Waals surface area (Å²) in [6.45, 7) is 3.32. The number of methoxy groups -OCH3 is 2. The number of ether oxygens (including phenoxy) is 2. The van der Waals surface area contributed by atoms with Crippen LogP contribution in [0, 0.1) is 13.8 Å². The van der Waals surface area contributed by atoms with Crippen LogP contribution in [0.15, 0.2) is 35.4 Å². The number of hydrazone groups is 1. The minimum atomic E-state index is -0.475. The van der Waals surface area contributed by atoms with Crippen molar-refractivity contribution >= 4 is 18.0 Å². The van der Waals surface area contributed by atoms with E-state index in [1.807, 2.05) is 0 Å². The lowest BCUT2D eigenvalue weighted by Crippen LogP contribution is -2.34. The lowest BCUT2D eigenvalue weighted by atomic mass is 10.1. The first-order valence-electron chi connectivity index (χ1n) is 8.48. The molecule has 0 bridgehead atoms. The molecule has 148 valence electrons. The molecule has 0 saturated heterocycles. The van der Waals surface area contributed by atoms with Crippen LogP contribution in [0.3, 0.4) is 0 Å². The van der Waals surface area contributed by atoms with Crippen molar-refractivity contribution in [3.8, 4) is 17.2 Å². The van der Waals surface area contributed by atoms with E-state index in [0.717, 1.165) is 16.7 Å². The highest BCUT2D eigenvalue weighted by Crippen LogP contribution is 2.27. The normalized spacial score (nSPS) is 10.6. The highest BCUT2D eigenvalue weighted by Gasteiger charge is 2.11. The van der Waals surface area contributed by atoms with E-state index >= 15 is 0 Å². The van der Waals surface area contributed by atoms with E-state index in [0.29, 0.717) is 17.1 Å². The van der Waals surface area contributed by atoms with E-state index < -0.39 is 11.8 Å². The number of aryl methyl sites for hydroxylation is 2. The number of aromatic hydroxyl groups is 1. The van der Waals surface area contributed by atoms with Crippen LogP contribution in [-0.4, -0.2) is 43.9 Å². The van der Waals surface area contributed by atoms with E-state index in [4.69, 9.17) is 9.47 Å². The molecule has 0 aromatic heterocycles. The minimum Gasteiger partial charge on any atom is -0.507 e. The van der Waals surface area contributed by atoms with E-state index in [-0.39, 0.29) is 12.3 Å². The summed E-state index contributed by atoms with van der Waals surface area (Å²) in [5.74, 6) is 0.260. The van der Waals surface area contributed by atoms with Gasteiger partial charge in [-0.05, 0) is 60.9 Å². The van der Waals surface area contributed by atoms with Crippen LogP contribution in [0.2, 0.25) is 0 Å². The summed E-state index contributed by atoms with van der Waals surface area (Å²) in [4.78, 5) is 24.0. The molecule has 0 spiro atoms. The Labute approximate surface area is 163 Å². The zero-order valence-corrected chi connectivity index (χ0v) is 16.2. The molecule has 2 rings (SSSR count). The molecule has 0 fully saturated rings. The Morgan fingerprint density at radius 3 is 2.32 bits per heavy atom. The first kappa shape index (κ1) is 20.8. The summed E-state index contributed by atoms with van der Waals surface area (Å²) in [5.41, 5.74) is 4.85. The van der Waals surface area contributed by atoms with Gasteiger partial charge in [-0.25, -0.2) is 5.43 Å². The number of amides is 2. The minimum absolute atomic E-state index is 0.235. The van der Waals surface area contributed by atoms with Gasteiger partial charge in [0.25, 0.3) is 11.8 Å². The first-order valence-corrected chi connectivity index (χ1v) is 8.48. The third-order valence-electron chi connectivity index (χ3n) is 3.97. The Kier molecular flexibility index (Phi) is 6.97. The molecule has 8 nitrogen and oxygen atoms in total. The molecule has 8 heteroatoms. The Morgan fingerprint density at radius 2 is 1.71 bits per heavy atom. The van der Waals surface area contributed by atoms with Crippen molar-refractivity contribution < 1.29 is 24.2 Å². The van der Waals surface area contributed by atoms with Crippen molar-refractivity contribution in [3.63, 3.8) is 0 Å². The standard InChI is InChI=1S/C20H23N3O5/c1-12-7-14(8-13(2)19(12)25)10-22-23-18(24)11-21-20(26)15-5-6-16(27-3)17(9-15)28-4/h5-10,25H,11H2,1-4H3,(H,21,26)(H,23,24). The first-order chi connectivity index (χ1) is 13.3. The van der Waals surface area contributed by atoms with Gasteiger partial charge in [0, 0.05) is 5.56 Å². The average molecular weight is 385 g/mol. The molecule has 0 atom stereocenters. The quantitative estimate of drug-likeness (QED) is 0.498. The molecule has 28 heavy (non-hydrogen) atoms. The third-order valence-corrected chi connectivity index (χ3v) is 3.97. The van der Waals surface area contributed by atoms with E-state index in [9.17, 15) is 14.7 Å². The molecular formula is C20H23N3O5. The van der Waals surface area contributed by atoms with E-state index in [1.54, 1.807) is 38.1 Å². The van der Waals surface area contributed by atoms with Crippen LogP contribution in [0.4, 0.5) is 0 Å². The van der Waals surface area contributed by atoms with Gasteiger partial charge in [0.1, 0.15) is 5.75 Å². The average Bonchev–Trinajstić information content (AvgIpc) is 2.69. The Hall–Kier alpha value is -3.55. The highest BCUT2D eigenvalue weighted by molar-refractivity contribution is 5.97. The molecule has 0 radical (unpaired) electrons. The number of nitrogens with one attached hydrogen (secondary N) is 2. The zero-order valence-electron chi connectivity index (χ0n) is 16.2. The second kappa shape index (κ2) is 9.40. The molecule has 2 amide bonds. The summed E-state index contributed by atoms with van der Waals surface area (Å²) in [5, 5.41) is 16.1. The van der Waals surface area contributed by atoms with Gasteiger partial charge in [0.05, 0.1) is 27.0 Å². The third kappa shape index (κ3) is 5.23. The van der Waals surface area contributed by atoms with E-state index in [1.165, 1.54) is 26.5 Å². The lowest BCUT2D eigenvalue weighted by Gasteiger charge is -2.09. The van der Waals surface area contributed by atoms with Gasteiger partial charge in [0.15, 0.2) is 11.5 Å². The number of rotatable bonds is 7. The van der Waals surface area contributed by atoms with Crippen LogP contribution < -0.4 is 20.2 Å². The Morgan fingerprint density at radius 1 is 1.07 bits per heavy atom. The smallest absolute Gasteiger partial charge is 0.259 e. The van der Waals surface area contributed by atoms with Crippen molar-refractivity contribution in [1.29, 1.82) is 0 Å². The molecule has 0 heterocycles. The number of carbonyl (C=O) groups is 2. The molecule has 0 aliphatic rings. The summed E-state index contributed by atoms with van der Waals surface area (Å²) in [7, 11) is 2.98. The fourth-order valence-electron chi connectivity index (χ4n) is 2.52. The fraction of sp³-hybridized carbons (Fsp3) is 0.250. The predicted octanol–water partition coefficient (Wildman–Crippen LogP) is 1.91. The molecule has 3 N–H and O–H groups in total. The van der Waals surface area contributed by atoms with Gasteiger partial charge < -0.3 is 19.9 Å². The van der Waals surface area contributed by atoms with Crippen molar-refractivity contribution in [2.75, 3.05) is 20.8 Å². The van der Waals surface area contributed by atoms with Gasteiger partial charge in [-0.3, -0.25) is 9.59 Å². The van der Waals surface area contributed by atoms with Crippen molar-refractivity contribution in [2.24, 2.45) is 5.10 Å². The number of phenols is 1. The van der Waals surface area contributed by atoms with Crippen molar-refractivity contribution in [1.82, 2.24) is 10.7 Å². The zero-order chi connectivity index (χ0) is 20.7. The molecule has 0 unspecified atom stereocenters. The molecule has 2 aromatic rings. The molecule has 0 aliphatic carbocycles. The fourth-order valence-corrected chi connectivity index (χ4v) is 2.52. The second-order valence-electron chi connectivity index (χ2n) is 6.05. The second-order valence-corrected chi connectivity index (χ2v) is 6.05. The number of benzene rings is 2. The van der Waals surface area contributed by atoms with Gasteiger partial charge >= 0.3 is 0 Å². The number of carbonyl (C=O) groups excluding carboxylic acids is 2. The largest absolute Gasteiger partial charge is 0.507 e. The molecule has 0 aliphatic heterocycles. The predicted molar refractivity (Wildman–Crippen MR) is 105 cm³/mol. The van der Waals surface area contributed by atoms with Crippen molar-refractivity contribution in [2.45, 2.75) is 13.8 Å². The molecular weight excluding hydrogens is 362 g/mol. The van der Waals surface area contributed by atoms with E-state index in [2.05, 4.69) is 15.8 Å². The van der Waals surface area contributed by atoms with Crippen LogP contribution in [0.25, 0.3) is 0 Å². The number of hydrogen-bond acceptors (Lipinski definition) is 6. The van der Waals surface area contributed by atoms with Gasteiger partial charge in [-0.2, -0.15) is 5.10 Å². The topological polar surface area (TPSA) is 109 Å². The maximum Gasteiger partial charge on any atom is 0.259 e. The van der Waals surface area contributed by atoms with Crippen LogP contribution in [0.1, 0.15) is 27.0 Å². The van der Waals surface area contributed by atoms with Crippen molar-refractivity contribution in [3.05, 3.63) is 52.6 Å². The number of nitrogens with zero attached hydrogens (tertiary/aromatic N) is 1. The number of phenolic OH excluding ortho intramolecular Hbond substituents is 1. The molecule has 2 aromatic carbocycles. The monoisotopic (exact) mass is 385 g/mol. The van der Waals surface area contributed by atoms with Gasteiger partial charge in [-0.1, -0.05) is 0 Å².